The summed E-state index contributed by atoms with van der Waals surface area (Å²) in [7, 11) is 0. The number of rotatable bonds is 2. The molecule has 1 atom stereocenters. The molecule has 23 heavy (non-hydrogen) atoms. The summed E-state index contributed by atoms with van der Waals surface area (Å²) < 4.78 is 0. The maximum Gasteiger partial charge on any atom is 0.225 e. The topological polar surface area (TPSA) is 58.1 Å². The van der Waals surface area contributed by atoms with Crippen molar-refractivity contribution in [2.75, 3.05) is 13.1 Å². The Morgan fingerprint density at radius 1 is 1.17 bits per heavy atom. The summed E-state index contributed by atoms with van der Waals surface area (Å²) >= 11 is 0. The quantitative estimate of drug-likeness (QED) is 0.910. The van der Waals surface area contributed by atoms with Crippen LogP contribution in [0.2, 0.25) is 0 Å². The number of nitrogens with one attached hydrogen (secondary N) is 1. The van der Waals surface area contributed by atoms with Crippen molar-refractivity contribution < 1.29 is 4.79 Å². The van der Waals surface area contributed by atoms with Crippen molar-refractivity contribution in [3.8, 4) is 0 Å². The van der Waals surface area contributed by atoms with Gasteiger partial charge < -0.3 is 10.2 Å². The van der Waals surface area contributed by atoms with Gasteiger partial charge in [0.15, 0.2) is 0 Å². The Balaban J connectivity index is 1.45. The van der Waals surface area contributed by atoms with Gasteiger partial charge in [0.05, 0.1) is 11.7 Å². The van der Waals surface area contributed by atoms with Crippen LogP contribution in [0.4, 0.5) is 0 Å². The van der Waals surface area contributed by atoms with E-state index in [0.29, 0.717) is 18.5 Å². The molecule has 1 aromatic heterocycles. The first kappa shape index (κ1) is 15.1. The smallest absolute Gasteiger partial charge is 0.225 e. The Morgan fingerprint density at radius 3 is 2.83 bits per heavy atom. The SMILES string of the molecule is O=C(C1CCCCC1)N1CCc2nc([C@H]3CCCN3)ncc2C1. The summed E-state index contributed by atoms with van der Waals surface area (Å²) in [6.07, 6.45) is 11.0. The molecule has 1 aromatic rings. The number of carbonyl (C=O) groups excluding carboxylic acids is 1. The van der Waals surface area contributed by atoms with Crippen LogP contribution in [0.1, 0.15) is 68.1 Å². The van der Waals surface area contributed by atoms with Gasteiger partial charge in [-0.2, -0.15) is 0 Å². The lowest BCUT2D eigenvalue weighted by Gasteiger charge is -2.32. The molecule has 0 radical (unpaired) electrons. The summed E-state index contributed by atoms with van der Waals surface area (Å²) in [6.45, 7) is 2.58. The normalized spacial score (nSPS) is 25.4. The minimum absolute atomic E-state index is 0.258. The van der Waals surface area contributed by atoms with E-state index in [-0.39, 0.29) is 5.92 Å². The Kier molecular flexibility index (Phi) is 4.29. The fourth-order valence-corrected chi connectivity index (χ4v) is 4.20. The molecule has 5 heteroatoms. The van der Waals surface area contributed by atoms with Crippen molar-refractivity contribution in [2.45, 2.75) is 64.0 Å². The van der Waals surface area contributed by atoms with Gasteiger partial charge in [-0.15, -0.1) is 0 Å². The fraction of sp³-hybridized carbons (Fsp3) is 0.722. The second-order valence-electron chi connectivity index (χ2n) is 7.19. The second-order valence-corrected chi connectivity index (χ2v) is 7.19. The summed E-state index contributed by atoms with van der Waals surface area (Å²) in [6, 6.07) is 0.321. The molecule has 1 N–H and O–H groups in total. The van der Waals surface area contributed by atoms with Crippen LogP contribution in [0.25, 0.3) is 0 Å². The predicted octanol–water partition coefficient (Wildman–Crippen LogP) is 2.37. The number of carbonyl (C=O) groups is 1. The highest BCUT2D eigenvalue weighted by Gasteiger charge is 2.29. The molecular formula is C18H26N4O. The van der Waals surface area contributed by atoms with E-state index >= 15 is 0 Å². The number of nitrogens with zero attached hydrogens (tertiary/aromatic N) is 3. The molecule has 1 saturated carbocycles. The van der Waals surface area contributed by atoms with Crippen molar-refractivity contribution in [3.05, 3.63) is 23.3 Å². The maximum atomic E-state index is 12.7. The van der Waals surface area contributed by atoms with Gasteiger partial charge in [0, 0.05) is 37.2 Å². The van der Waals surface area contributed by atoms with Gasteiger partial charge >= 0.3 is 0 Å². The zero-order chi connectivity index (χ0) is 15.6. The molecule has 0 aromatic carbocycles. The monoisotopic (exact) mass is 314 g/mol. The molecule has 0 spiro atoms. The summed E-state index contributed by atoms with van der Waals surface area (Å²) in [5.74, 6) is 1.55. The van der Waals surface area contributed by atoms with Gasteiger partial charge in [0.1, 0.15) is 5.82 Å². The van der Waals surface area contributed by atoms with Crippen molar-refractivity contribution in [3.63, 3.8) is 0 Å². The fourth-order valence-electron chi connectivity index (χ4n) is 4.20. The zero-order valence-electron chi connectivity index (χ0n) is 13.8. The van der Waals surface area contributed by atoms with Gasteiger partial charge in [0.25, 0.3) is 0 Å². The summed E-state index contributed by atoms with van der Waals surface area (Å²) in [4.78, 5) is 24.1. The standard InChI is InChI=1S/C18H26N4O/c23-18(13-5-2-1-3-6-13)22-10-8-15-14(12-22)11-20-17(21-15)16-7-4-9-19-16/h11,13,16,19H,1-10,12H2/t16-/m1/s1. The third-order valence-corrected chi connectivity index (χ3v) is 5.59. The van der Waals surface area contributed by atoms with Gasteiger partial charge in [0.2, 0.25) is 5.91 Å². The van der Waals surface area contributed by atoms with Crippen LogP contribution in [-0.4, -0.2) is 33.9 Å². The third-order valence-electron chi connectivity index (χ3n) is 5.59. The molecule has 0 unspecified atom stereocenters. The molecule has 1 saturated heterocycles. The van der Waals surface area contributed by atoms with Crippen LogP contribution >= 0.6 is 0 Å². The van der Waals surface area contributed by atoms with Crippen LogP contribution in [0.15, 0.2) is 6.20 Å². The van der Waals surface area contributed by atoms with Crippen LogP contribution in [0.5, 0.6) is 0 Å². The third kappa shape index (κ3) is 3.11. The highest BCUT2D eigenvalue weighted by atomic mass is 16.2. The van der Waals surface area contributed by atoms with E-state index in [9.17, 15) is 4.79 Å². The van der Waals surface area contributed by atoms with Crippen LogP contribution in [0.3, 0.4) is 0 Å². The molecule has 5 nitrogen and oxygen atoms in total. The van der Waals surface area contributed by atoms with Crippen LogP contribution in [0, 0.1) is 5.92 Å². The minimum Gasteiger partial charge on any atom is -0.338 e. The van der Waals surface area contributed by atoms with Gasteiger partial charge in [-0.3, -0.25) is 4.79 Å². The van der Waals surface area contributed by atoms with E-state index in [2.05, 4.69) is 10.3 Å². The molecule has 1 aliphatic carbocycles. The van der Waals surface area contributed by atoms with Gasteiger partial charge in [-0.25, -0.2) is 9.97 Å². The number of hydrogen-bond acceptors (Lipinski definition) is 4. The zero-order valence-corrected chi connectivity index (χ0v) is 13.8. The largest absolute Gasteiger partial charge is 0.338 e. The molecule has 0 bridgehead atoms. The maximum absolute atomic E-state index is 12.7. The van der Waals surface area contributed by atoms with E-state index in [1.807, 2.05) is 11.1 Å². The predicted molar refractivity (Wildman–Crippen MR) is 87.7 cm³/mol. The lowest BCUT2D eigenvalue weighted by molar-refractivity contribution is -0.137. The van der Waals surface area contributed by atoms with Crippen molar-refractivity contribution in [2.24, 2.45) is 5.92 Å². The van der Waals surface area contributed by atoms with E-state index < -0.39 is 0 Å². The highest BCUT2D eigenvalue weighted by Crippen LogP contribution is 2.28. The van der Waals surface area contributed by atoms with Gasteiger partial charge in [-0.1, -0.05) is 19.3 Å². The Bertz CT molecular complexity index is 576. The molecule has 124 valence electrons. The first-order chi connectivity index (χ1) is 11.3. The number of aromatic nitrogens is 2. The van der Waals surface area contributed by atoms with Gasteiger partial charge in [-0.05, 0) is 32.2 Å². The van der Waals surface area contributed by atoms with Crippen LogP contribution < -0.4 is 5.32 Å². The molecule has 4 rings (SSSR count). The Hall–Kier alpha value is -1.49. The minimum atomic E-state index is 0.258. The Labute approximate surface area is 137 Å². The molecule has 2 fully saturated rings. The molecule has 1 amide bonds. The molecule has 2 aliphatic heterocycles. The lowest BCUT2D eigenvalue weighted by Crippen LogP contribution is -2.40. The van der Waals surface area contributed by atoms with Crippen molar-refractivity contribution >= 4 is 5.91 Å². The van der Waals surface area contributed by atoms with Crippen molar-refractivity contribution in [1.29, 1.82) is 0 Å². The van der Waals surface area contributed by atoms with Crippen LogP contribution in [-0.2, 0) is 17.8 Å². The molecular weight excluding hydrogens is 288 g/mol. The van der Waals surface area contributed by atoms with E-state index in [0.717, 1.165) is 55.9 Å². The average Bonchev–Trinajstić information content (AvgIpc) is 3.15. The number of amides is 1. The summed E-state index contributed by atoms with van der Waals surface area (Å²) in [5.41, 5.74) is 2.29. The first-order valence-electron chi connectivity index (χ1n) is 9.18. The lowest BCUT2D eigenvalue weighted by atomic mass is 9.88. The second kappa shape index (κ2) is 6.56. The number of hydrogen-bond donors (Lipinski definition) is 1. The molecule has 3 heterocycles. The van der Waals surface area contributed by atoms with E-state index in [1.54, 1.807) is 0 Å². The van der Waals surface area contributed by atoms with E-state index in [4.69, 9.17) is 4.98 Å². The van der Waals surface area contributed by atoms with E-state index in [1.165, 1.54) is 25.7 Å². The summed E-state index contributed by atoms with van der Waals surface area (Å²) in [5, 5.41) is 3.46. The highest BCUT2D eigenvalue weighted by molar-refractivity contribution is 5.79. The first-order valence-corrected chi connectivity index (χ1v) is 9.18. The Morgan fingerprint density at radius 2 is 2.04 bits per heavy atom. The number of fused-ring (bicyclic) bond motifs is 1. The van der Waals surface area contributed by atoms with Crippen molar-refractivity contribution in [1.82, 2.24) is 20.2 Å². The molecule has 3 aliphatic rings. The average molecular weight is 314 g/mol.